The highest BCUT2D eigenvalue weighted by Crippen LogP contribution is 2.09. The molecule has 0 aliphatic carbocycles. The molecule has 0 N–H and O–H groups in total. The number of methoxy groups -OCH3 is 1. The van der Waals surface area contributed by atoms with Gasteiger partial charge in [-0.15, -0.1) is 0 Å². The van der Waals surface area contributed by atoms with Crippen molar-refractivity contribution in [3.8, 4) is 0 Å². The molecule has 0 fully saturated rings. The van der Waals surface area contributed by atoms with Crippen molar-refractivity contribution < 1.29 is 9.66 Å². The maximum absolute atomic E-state index is 10.1. The van der Waals surface area contributed by atoms with Gasteiger partial charge in [-0.25, -0.2) is 0 Å². The summed E-state index contributed by atoms with van der Waals surface area (Å²) in [5, 5.41) is 10.1. The molecule has 4 nitrogen and oxygen atoms in total. The Bertz CT molecular complexity index is 134. The monoisotopic (exact) mass is 131 g/mol. The van der Waals surface area contributed by atoms with E-state index in [9.17, 15) is 10.1 Å². The van der Waals surface area contributed by atoms with E-state index >= 15 is 0 Å². The lowest BCUT2D eigenvalue weighted by atomic mass is 10.3. The standard InChI is InChI=1S/C5H9NO3/c1-4-5(2,9-3)6(7)8/h4H,1H2,2-3H3. The molecule has 0 amide bonds. The van der Waals surface area contributed by atoms with E-state index in [2.05, 4.69) is 11.3 Å². The fourth-order valence-electron chi connectivity index (χ4n) is 0.232. The van der Waals surface area contributed by atoms with Crippen molar-refractivity contribution in [2.75, 3.05) is 7.11 Å². The molecule has 0 rings (SSSR count). The van der Waals surface area contributed by atoms with E-state index in [1.165, 1.54) is 14.0 Å². The summed E-state index contributed by atoms with van der Waals surface area (Å²) in [7, 11) is 1.27. The van der Waals surface area contributed by atoms with Crippen molar-refractivity contribution in [3.63, 3.8) is 0 Å². The van der Waals surface area contributed by atoms with Gasteiger partial charge in [0, 0.05) is 20.1 Å². The van der Waals surface area contributed by atoms with E-state index in [0.717, 1.165) is 6.08 Å². The van der Waals surface area contributed by atoms with E-state index in [-0.39, 0.29) is 0 Å². The Labute approximate surface area is 53.3 Å². The second kappa shape index (κ2) is 2.59. The quantitative estimate of drug-likeness (QED) is 0.246. The van der Waals surface area contributed by atoms with Gasteiger partial charge in [-0.2, -0.15) is 0 Å². The molecule has 0 aliphatic heterocycles. The Morgan fingerprint density at radius 2 is 2.33 bits per heavy atom. The molecular weight excluding hydrogens is 122 g/mol. The third kappa shape index (κ3) is 1.50. The summed E-state index contributed by atoms with van der Waals surface area (Å²) in [6.07, 6.45) is 1.15. The highest BCUT2D eigenvalue weighted by Gasteiger charge is 2.32. The van der Waals surface area contributed by atoms with Gasteiger partial charge in [0.25, 0.3) is 0 Å². The second-order valence-corrected chi connectivity index (χ2v) is 1.72. The summed E-state index contributed by atoms with van der Waals surface area (Å²) in [5.74, 6) is 0. The summed E-state index contributed by atoms with van der Waals surface area (Å²) in [4.78, 5) is 9.55. The van der Waals surface area contributed by atoms with Crippen LogP contribution in [0.25, 0.3) is 0 Å². The summed E-state index contributed by atoms with van der Waals surface area (Å²) in [6, 6.07) is 0. The topological polar surface area (TPSA) is 52.4 Å². The van der Waals surface area contributed by atoms with Crippen LogP contribution in [-0.2, 0) is 4.74 Å². The molecule has 0 saturated heterocycles. The molecule has 0 saturated carbocycles. The van der Waals surface area contributed by atoms with Gasteiger partial charge in [-0.3, -0.25) is 10.1 Å². The molecule has 0 spiro atoms. The first kappa shape index (κ1) is 8.10. The van der Waals surface area contributed by atoms with Crippen LogP contribution in [0, 0.1) is 10.1 Å². The summed E-state index contributed by atoms with van der Waals surface area (Å²) in [6.45, 7) is 4.59. The molecule has 1 atom stereocenters. The van der Waals surface area contributed by atoms with Crippen LogP contribution < -0.4 is 0 Å². The Hall–Kier alpha value is -0.900. The van der Waals surface area contributed by atoms with Crippen LogP contribution in [0.1, 0.15) is 6.92 Å². The molecule has 0 radical (unpaired) electrons. The third-order valence-electron chi connectivity index (χ3n) is 1.15. The average Bonchev–Trinajstić information content (AvgIpc) is 1.86. The van der Waals surface area contributed by atoms with Gasteiger partial charge in [-0.1, -0.05) is 6.58 Å². The zero-order chi connectivity index (χ0) is 7.49. The molecule has 0 aromatic heterocycles. The molecular formula is C5H9NO3. The van der Waals surface area contributed by atoms with Crippen LogP contribution in [0.3, 0.4) is 0 Å². The molecule has 0 heterocycles. The van der Waals surface area contributed by atoms with E-state index in [1.54, 1.807) is 0 Å². The predicted octanol–water partition coefficient (Wildman–Crippen LogP) is 0.812. The van der Waals surface area contributed by atoms with Crippen LogP contribution >= 0.6 is 0 Å². The fraction of sp³-hybridized carbons (Fsp3) is 0.600. The Morgan fingerprint density at radius 1 is 1.89 bits per heavy atom. The number of hydrogen-bond donors (Lipinski definition) is 0. The SMILES string of the molecule is C=CC(C)(OC)[N+](=O)[O-]. The molecule has 52 valence electrons. The fourth-order valence-corrected chi connectivity index (χ4v) is 0.232. The highest BCUT2D eigenvalue weighted by atomic mass is 16.7. The zero-order valence-electron chi connectivity index (χ0n) is 5.46. The number of ether oxygens (including phenoxy) is 1. The summed E-state index contributed by atoms with van der Waals surface area (Å²) < 4.78 is 4.53. The minimum atomic E-state index is -1.43. The maximum Gasteiger partial charge on any atom is 0.341 e. The molecule has 4 heteroatoms. The molecule has 1 unspecified atom stereocenters. The number of rotatable bonds is 3. The second-order valence-electron chi connectivity index (χ2n) is 1.72. The Kier molecular flexibility index (Phi) is 2.33. The van der Waals surface area contributed by atoms with Crippen molar-refractivity contribution in [2.24, 2.45) is 0 Å². The molecule has 0 aliphatic rings. The first-order valence-corrected chi connectivity index (χ1v) is 2.40. The summed E-state index contributed by atoms with van der Waals surface area (Å²) in [5.41, 5.74) is -1.43. The van der Waals surface area contributed by atoms with Crippen LogP contribution in [0.2, 0.25) is 0 Å². The van der Waals surface area contributed by atoms with Gasteiger partial charge >= 0.3 is 5.72 Å². The molecule has 0 aromatic rings. The van der Waals surface area contributed by atoms with Crippen LogP contribution in [-0.4, -0.2) is 17.8 Å². The van der Waals surface area contributed by atoms with Gasteiger partial charge in [0.2, 0.25) is 0 Å². The van der Waals surface area contributed by atoms with E-state index < -0.39 is 10.6 Å². The highest BCUT2D eigenvalue weighted by molar-refractivity contribution is 4.83. The molecule has 0 aromatic carbocycles. The van der Waals surface area contributed by atoms with Crippen LogP contribution in [0.15, 0.2) is 12.7 Å². The van der Waals surface area contributed by atoms with Crippen LogP contribution in [0.5, 0.6) is 0 Å². The zero-order valence-corrected chi connectivity index (χ0v) is 5.46. The minimum absolute atomic E-state index is 0.542. The van der Waals surface area contributed by atoms with Crippen molar-refractivity contribution in [1.29, 1.82) is 0 Å². The number of hydrogen-bond acceptors (Lipinski definition) is 3. The van der Waals surface area contributed by atoms with Gasteiger partial charge < -0.3 is 4.74 Å². The normalized spacial score (nSPS) is 16.2. The number of nitro groups is 1. The maximum atomic E-state index is 10.1. The Balaban J connectivity index is 4.27. The van der Waals surface area contributed by atoms with E-state index in [1.807, 2.05) is 0 Å². The van der Waals surface area contributed by atoms with Crippen LogP contribution in [0.4, 0.5) is 0 Å². The van der Waals surface area contributed by atoms with Gasteiger partial charge in [0.05, 0.1) is 4.92 Å². The largest absolute Gasteiger partial charge is 0.341 e. The molecule has 0 bridgehead atoms. The van der Waals surface area contributed by atoms with Gasteiger partial charge in [0.15, 0.2) is 0 Å². The number of nitrogens with zero attached hydrogens (tertiary/aromatic N) is 1. The lowest BCUT2D eigenvalue weighted by molar-refractivity contribution is -0.605. The van der Waals surface area contributed by atoms with Crippen molar-refractivity contribution in [1.82, 2.24) is 0 Å². The first-order chi connectivity index (χ1) is 4.06. The van der Waals surface area contributed by atoms with E-state index in [0.29, 0.717) is 0 Å². The van der Waals surface area contributed by atoms with Crippen molar-refractivity contribution in [2.45, 2.75) is 12.6 Å². The lowest BCUT2D eigenvalue weighted by Crippen LogP contribution is -2.33. The first-order valence-electron chi connectivity index (χ1n) is 2.40. The van der Waals surface area contributed by atoms with E-state index in [4.69, 9.17) is 0 Å². The third-order valence-corrected chi connectivity index (χ3v) is 1.15. The van der Waals surface area contributed by atoms with Gasteiger partial charge in [-0.05, 0) is 0 Å². The minimum Gasteiger partial charge on any atom is -0.315 e. The van der Waals surface area contributed by atoms with Crippen molar-refractivity contribution >= 4 is 0 Å². The molecule has 9 heavy (non-hydrogen) atoms. The predicted molar refractivity (Wildman–Crippen MR) is 32.6 cm³/mol. The average molecular weight is 131 g/mol. The van der Waals surface area contributed by atoms with Crippen molar-refractivity contribution in [3.05, 3.63) is 22.8 Å². The Morgan fingerprint density at radius 3 is 2.33 bits per heavy atom. The van der Waals surface area contributed by atoms with Gasteiger partial charge in [0.1, 0.15) is 0 Å². The summed E-state index contributed by atoms with van der Waals surface area (Å²) >= 11 is 0. The smallest absolute Gasteiger partial charge is 0.315 e. The lowest BCUT2D eigenvalue weighted by Gasteiger charge is -2.12.